The second-order valence-corrected chi connectivity index (χ2v) is 5.79. The monoisotopic (exact) mass is 319 g/mol. The summed E-state index contributed by atoms with van der Waals surface area (Å²) >= 11 is 3.51. The molecule has 0 aliphatic rings. The molecule has 0 saturated heterocycles. The molecule has 2 N–H and O–H groups in total. The SMILES string of the molecule is Cc1cc(Br)cc(C)c1NC(C)c1cccc(O)c1. The van der Waals surface area contributed by atoms with Crippen LogP contribution in [0.15, 0.2) is 40.9 Å². The second-order valence-electron chi connectivity index (χ2n) is 4.88. The van der Waals surface area contributed by atoms with Gasteiger partial charge >= 0.3 is 0 Å². The highest BCUT2D eigenvalue weighted by atomic mass is 79.9. The molecule has 2 aromatic carbocycles. The summed E-state index contributed by atoms with van der Waals surface area (Å²) in [5.41, 5.74) is 4.64. The van der Waals surface area contributed by atoms with Crippen molar-refractivity contribution in [2.24, 2.45) is 0 Å². The summed E-state index contributed by atoms with van der Waals surface area (Å²) in [5, 5.41) is 13.1. The van der Waals surface area contributed by atoms with Crippen molar-refractivity contribution < 1.29 is 5.11 Å². The predicted octanol–water partition coefficient (Wildman–Crippen LogP) is 4.94. The van der Waals surface area contributed by atoms with Crippen molar-refractivity contribution in [3.8, 4) is 5.75 Å². The summed E-state index contributed by atoms with van der Waals surface area (Å²) in [4.78, 5) is 0. The molecule has 1 unspecified atom stereocenters. The molecule has 2 rings (SSSR count). The van der Waals surface area contributed by atoms with Gasteiger partial charge in [-0.1, -0.05) is 28.1 Å². The summed E-state index contributed by atoms with van der Waals surface area (Å²) < 4.78 is 1.10. The Balaban J connectivity index is 2.26. The number of hydrogen-bond donors (Lipinski definition) is 2. The van der Waals surface area contributed by atoms with E-state index in [-0.39, 0.29) is 6.04 Å². The Morgan fingerprint density at radius 1 is 1.11 bits per heavy atom. The molecule has 0 saturated carbocycles. The lowest BCUT2D eigenvalue weighted by Gasteiger charge is -2.20. The fraction of sp³-hybridized carbons (Fsp3) is 0.250. The average Bonchev–Trinajstić information content (AvgIpc) is 2.33. The number of phenolic OH excluding ortho intramolecular Hbond substituents is 1. The van der Waals surface area contributed by atoms with Crippen molar-refractivity contribution >= 4 is 21.6 Å². The molecule has 3 heteroatoms. The first-order valence-corrected chi connectivity index (χ1v) is 7.09. The van der Waals surface area contributed by atoms with Gasteiger partial charge in [0.1, 0.15) is 5.75 Å². The number of aromatic hydroxyl groups is 1. The van der Waals surface area contributed by atoms with Gasteiger partial charge in [0.15, 0.2) is 0 Å². The first kappa shape index (κ1) is 13.9. The summed E-state index contributed by atoms with van der Waals surface area (Å²) in [6, 6.07) is 11.7. The minimum Gasteiger partial charge on any atom is -0.508 e. The highest BCUT2D eigenvalue weighted by molar-refractivity contribution is 9.10. The van der Waals surface area contributed by atoms with Crippen molar-refractivity contribution in [1.29, 1.82) is 0 Å². The van der Waals surface area contributed by atoms with Crippen LogP contribution in [0.25, 0.3) is 0 Å². The van der Waals surface area contributed by atoms with Gasteiger partial charge < -0.3 is 10.4 Å². The van der Waals surface area contributed by atoms with E-state index in [1.165, 1.54) is 11.1 Å². The van der Waals surface area contributed by atoms with Crippen molar-refractivity contribution in [2.75, 3.05) is 5.32 Å². The van der Waals surface area contributed by atoms with Crippen LogP contribution >= 0.6 is 15.9 Å². The van der Waals surface area contributed by atoms with Gasteiger partial charge in [-0.2, -0.15) is 0 Å². The largest absolute Gasteiger partial charge is 0.508 e. The maximum absolute atomic E-state index is 9.54. The number of phenols is 1. The zero-order chi connectivity index (χ0) is 14.0. The normalized spacial score (nSPS) is 12.2. The lowest BCUT2D eigenvalue weighted by atomic mass is 10.0. The van der Waals surface area contributed by atoms with Gasteiger partial charge in [-0.3, -0.25) is 0 Å². The molecule has 1 atom stereocenters. The Morgan fingerprint density at radius 2 is 1.74 bits per heavy atom. The van der Waals surface area contributed by atoms with Crippen LogP contribution in [0.1, 0.15) is 29.7 Å². The van der Waals surface area contributed by atoms with E-state index in [0.717, 1.165) is 15.7 Å². The third-order valence-electron chi connectivity index (χ3n) is 3.23. The van der Waals surface area contributed by atoms with Crippen LogP contribution in [0, 0.1) is 13.8 Å². The maximum Gasteiger partial charge on any atom is 0.115 e. The van der Waals surface area contributed by atoms with Crippen molar-refractivity contribution in [3.05, 3.63) is 57.6 Å². The quantitative estimate of drug-likeness (QED) is 0.839. The Hall–Kier alpha value is -1.48. The van der Waals surface area contributed by atoms with Gasteiger partial charge in [0, 0.05) is 16.2 Å². The van der Waals surface area contributed by atoms with Gasteiger partial charge in [-0.15, -0.1) is 0 Å². The van der Waals surface area contributed by atoms with Crippen LogP contribution in [0.3, 0.4) is 0 Å². The van der Waals surface area contributed by atoms with Crippen LogP contribution in [0.4, 0.5) is 5.69 Å². The molecule has 0 aliphatic heterocycles. The number of rotatable bonds is 3. The third-order valence-corrected chi connectivity index (χ3v) is 3.69. The molecule has 0 radical (unpaired) electrons. The number of nitrogens with one attached hydrogen (secondary N) is 1. The molecule has 0 amide bonds. The highest BCUT2D eigenvalue weighted by Crippen LogP contribution is 2.29. The number of halogens is 1. The molecular formula is C16H18BrNO. The van der Waals surface area contributed by atoms with E-state index >= 15 is 0 Å². The standard InChI is InChI=1S/C16H18BrNO/c1-10-7-14(17)8-11(2)16(10)18-12(3)13-5-4-6-15(19)9-13/h4-9,12,18-19H,1-3H3. The third kappa shape index (κ3) is 3.29. The van der Waals surface area contributed by atoms with E-state index < -0.39 is 0 Å². The van der Waals surface area contributed by atoms with E-state index in [1.54, 1.807) is 12.1 Å². The van der Waals surface area contributed by atoms with Crippen LogP contribution < -0.4 is 5.32 Å². The number of hydrogen-bond acceptors (Lipinski definition) is 2. The summed E-state index contributed by atoms with van der Waals surface area (Å²) in [6.45, 7) is 6.28. The van der Waals surface area contributed by atoms with Gasteiger partial charge in [0.25, 0.3) is 0 Å². The Morgan fingerprint density at radius 3 is 2.32 bits per heavy atom. The predicted molar refractivity (Wildman–Crippen MR) is 83.8 cm³/mol. The van der Waals surface area contributed by atoms with Crippen LogP contribution in [0.2, 0.25) is 0 Å². The molecule has 0 aliphatic carbocycles. The molecule has 19 heavy (non-hydrogen) atoms. The molecular weight excluding hydrogens is 302 g/mol. The molecule has 2 nitrogen and oxygen atoms in total. The van der Waals surface area contributed by atoms with Gasteiger partial charge in [0.05, 0.1) is 0 Å². The highest BCUT2D eigenvalue weighted by Gasteiger charge is 2.10. The molecule has 0 heterocycles. The Kier molecular flexibility index (Phi) is 4.15. The van der Waals surface area contributed by atoms with Gasteiger partial charge in [-0.25, -0.2) is 0 Å². The summed E-state index contributed by atoms with van der Waals surface area (Å²) in [5.74, 6) is 0.301. The minimum absolute atomic E-state index is 0.144. The maximum atomic E-state index is 9.54. The van der Waals surface area contributed by atoms with Gasteiger partial charge in [-0.05, 0) is 61.7 Å². The Bertz CT molecular complexity index is 572. The zero-order valence-electron chi connectivity index (χ0n) is 11.4. The van der Waals surface area contributed by atoms with Crippen molar-refractivity contribution in [3.63, 3.8) is 0 Å². The Labute approximate surface area is 122 Å². The second kappa shape index (κ2) is 5.66. The fourth-order valence-corrected chi connectivity index (χ4v) is 2.92. The van der Waals surface area contributed by atoms with Crippen molar-refractivity contribution in [1.82, 2.24) is 0 Å². The molecule has 0 fully saturated rings. The van der Waals surface area contributed by atoms with Crippen LogP contribution in [-0.2, 0) is 0 Å². The number of aryl methyl sites for hydroxylation is 2. The average molecular weight is 320 g/mol. The zero-order valence-corrected chi connectivity index (χ0v) is 13.0. The fourth-order valence-electron chi connectivity index (χ4n) is 2.23. The van der Waals surface area contributed by atoms with Crippen LogP contribution in [-0.4, -0.2) is 5.11 Å². The van der Waals surface area contributed by atoms with Gasteiger partial charge in [0.2, 0.25) is 0 Å². The number of anilines is 1. The first-order valence-electron chi connectivity index (χ1n) is 6.29. The molecule has 100 valence electrons. The van der Waals surface area contributed by atoms with E-state index in [9.17, 15) is 5.11 Å². The summed E-state index contributed by atoms with van der Waals surface area (Å²) in [6.07, 6.45) is 0. The lowest BCUT2D eigenvalue weighted by Crippen LogP contribution is -2.08. The van der Waals surface area contributed by atoms with Crippen LogP contribution in [0.5, 0.6) is 5.75 Å². The molecule has 2 aromatic rings. The van der Waals surface area contributed by atoms with E-state index in [2.05, 4.69) is 54.2 Å². The molecule has 0 aromatic heterocycles. The minimum atomic E-state index is 0.144. The van der Waals surface area contributed by atoms with Crippen molar-refractivity contribution in [2.45, 2.75) is 26.8 Å². The topological polar surface area (TPSA) is 32.3 Å². The number of benzene rings is 2. The van der Waals surface area contributed by atoms with E-state index in [1.807, 2.05) is 12.1 Å². The lowest BCUT2D eigenvalue weighted by molar-refractivity contribution is 0.474. The van der Waals surface area contributed by atoms with E-state index in [4.69, 9.17) is 0 Å². The first-order chi connectivity index (χ1) is 8.97. The van der Waals surface area contributed by atoms with E-state index in [0.29, 0.717) is 5.75 Å². The smallest absolute Gasteiger partial charge is 0.115 e. The molecule has 0 bridgehead atoms. The molecule has 0 spiro atoms. The summed E-state index contributed by atoms with van der Waals surface area (Å²) in [7, 11) is 0.